The summed E-state index contributed by atoms with van der Waals surface area (Å²) in [6.07, 6.45) is -9.55. The Kier molecular flexibility index (Phi) is 5.98. The number of aromatic nitrogens is 3. The van der Waals surface area contributed by atoms with Crippen molar-refractivity contribution in [2.75, 3.05) is 0 Å². The number of benzene rings is 1. The van der Waals surface area contributed by atoms with Gasteiger partial charge in [0, 0.05) is 25.2 Å². The molecule has 2 heterocycles. The lowest BCUT2D eigenvalue weighted by molar-refractivity contribution is -0.292. The Morgan fingerprint density at radius 3 is 2.39 bits per heavy atom. The van der Waals surface area contributed by atoms with E-state index in [1.165, 1.54) is 24.3 Å². The summed E-state index contributed by atoms with van der Waals surface area (Å²) in [7, 11) is 0.809. The summed E-state index contributed by atoms with van der Waals surface area (Å²) in [5.41, 5.74) is -5.81. The molecule has 1 fully saturated rings. The SMILES string of the molecule is Cn1nc(C(F)(F)C(F)(F)F)c(C(F)(F)F)c1-c1ncc(-c2cccc(C(=O)CC3(C#N)CC3)c2)s1. The number of alkyl halides is 8. The molecule has 36 heavy (non-hydrogen) atoms. The van der Waals surface area contributed by atoms with Gasteiger partial charge in [-0.15, -0.1) is 11.3 Å². The molecule has 0 saturated heterocycles. The highest BCUT2D eigenvalue weighted by atomic mass is 32.1. The second-order valence-corrected chi connectivity index (χ2v) is 9.40. The number of carbonyl (C=O) groups is 1. The van der Waals surface area contributed by atoms with Gasteiger partial charge in [0.1, 0.15) is 16.3 Å². The van der Waals surface area contributed by atoms with E-state index in [2.05, 4.69) is 16.2 Å². The summed E-state index contributed by atoms with van der Waals surface area (Å²) in [5.74, 6) is -6.16. The van der Waals surface area contributed by atoms with Gasteiger partial charge in [-0.2, -0.15) is 45.5 Å². The summed E-state index contributed by atoms with van der Waals surface area (Å²) in [6, 6.07) is 8.12. The van der Waals surface area contributed by atoms with Crippen LogP contribution < -0.4 is 0 Å². The number of Topliss-reactive ketones (excluding diaryl/α,β-unsaturated/α-hetero) is 1. The summed E-state index contributed by atoms with van der Waals surface area (Å²) >= 11 is 0.604. The average molecular weight is 534 g/mol. The first-order chi connectivity index (χ1) is 16.6. The Bertz CT molecular complexity index is 1380. The van der Waals surface area contributed by atoms with Crippen molar-refractivity contribution in [2.24, 2.45) is 12.5 Å². The van der Waals surface area contributed by atoms with Gasteiger partial charge < -0.3 is 0 Å². The second kappa shape index (κ2) is 8.36. The Morgan fingerprint density at radius 1 is 1.17 bits per heavy atom. The van der Waals surface area contributed by atoms with E-state index in [0.29, 0.717) is 29.7 Å². The minimum Gasteiger partial charge on any atom is -0.294 e. The lowest BCUT2D eigenvalue weighted by Crippen LogP contribution is -2.36. The second-order valence-electron chi connectivity index (χ2n) is 8.37. The molecule has 1 aliphatic carbocycles. The van der Waals surface area contributed by atoms with Gasteiger partial charge in [0.2, 0.25) is 0 Å². The van der Waals surface area contributed by atoms with Gasteiger partial charge in [0.05, 0.1) is 16.4 Å². The number of ketones is 1. The summed E-state index contributed by atoms with van der Waals surface area (Å²) in [4.78, 5) is 16.6. The molecule has 0 unspecified atom stereocenters. The van der Waals surface area contributed by atoms with Crippen LogP contribution in [0.4, 0.5) is 35.1 Å². The highest BCUT2D eigenvalue weighted by Crippen LogP contribution is 2.51. The van der Waals surface area contributed by atoms with E-state index in [4.69, 9.17) is 0 Å². The maximum absolute atomic E-state index is 13.9. The molecule has 0 atom stereocenters. The minimum atomic E-state index is -6.30. The largest absolute Gasteiger partial charge is 0.459 e. The van der Waals surface area contributed by atoms with E-state index in [1.54, 1.807) is 0 Å². The zero-order valence-corrected chi connectivity index (χ0v) is 19.0. The molecular weight excluding hydrogens is 520 g/mol. The number of nitrogens with zero attached hydrogens (tertiary/aromatic N) is 4. The highest BCUT2D eigenvalue weighted by Gasteiger charge is 2.64. The Labute approximate surface area is 202 Å². The van der Waals surface area contributed by atoms with Gasteiger partial charge in [0.15, 0.2) is 11.5 Å². The number of halogens is 8. The molecule has 0 amide bonds. The monoisotopic (exact) mass is 534 g/mol. The van der Waals surface area contributed by atoms with Gasteiger partial charge in [-0.1, -0.05) is 18.2 Å². The quantitative estimate of drug-likeness (QED) is 0.259. The molecule has 0 aliphatic heterocycles. The normalized spacial score (nSPS) is 15.6. The third-order valence-corrected chi connectivity index (χ3v) is 6.80. The van der Waals surface area contributed by atoms with Crippen molar-refractivity contribution in [3.05, 3.63) is 47.3 Å². The lowest BCUT2D eigenvalue weighted by Gasteiger charge is -2.19. The third-order valence-electron chi connectivity index (χ3n) is 5.75. The fourth-order valence-electron chi connectivity index (χ4n) is 3.64. The van der Waals surface area contributed by atoms with Crippen LogP contribution in [0.25, 0.3) is 21.1 Å². The first-order valence-corrected chi connectivity index (χ1v) is 11.0. The van der Waals surface area contributed by atoms with E-state index >= 15 is 0 Å². The number of hydrogen-bond acceptors (Lipinski definition) is 5. The van der Waals surface area contributed by atoms with Crippen LogP contribution in [0.1, 0.15) is 40.9 Å². The summed E-state index contributed by atoms with van der Waals surface area (Å²) in [5, 5.41) is 11.6. The minimum absolute atomic E-state index is 0.0149. The predicted molar refractivity (Wildman–Crippen MR) is 111 cm³/mol. The number of carbonyl (C=O) groups excluding carboxylic acids is 1. The molecule has 2 aromatic heterocycles. The van der Waals surface area contributed by atoms with Gasteiger partial charge >= 0.3 is 18.3 Å². The van der Waals surface area contributed by atoms with E-state index in [0.717, 1.165) is 13.2 Å². The molecule has 1 saturated carbocycles. The molecule has 3 aromatic rings. The van der Waals surface area contributed by atoms with Crippen molar-refractivity contribution in [1.82, 2.24) is 14.8 Å². The van der Waals surface area contributed by atoms with E-state index < -0.39 is 45.6 Å². The van der Waals surface area contributed by atoms with Crippen molar-refractivity contribution in [3.63, 3.8) is 0 Å². The molecule has 5 nitrogen and oxygen atoms in total. The summed E-state index contributed by atoms with van der Waals surface area (Å²) < 4.78 is 108. The Balaban J connectivity index is 1.74. The fraction of sp³-hybridized carbons (Fsp3) is 0.364. The zero-order chi connectivity index (χ0) is 26.7. The molecule has 190 valence electrons. The molecule has 1 aromatic carbocycles. The van der Waals surface area contributed by atoms with Crippen LogP contribution in [0, 0.1) is 16.7 Å². The molecule has 0 spiro atoms. The van der Waals surface area contributed by atoms with Gasteiger partial charge in [0.25, 0.3) is 0 Å². The topological polar surface area (TPSA) is 71.6 Å². The van der Waals surface area contributed by atoms with Crippen LogP contribution in [0.5, 0.6) is 0 Å². The standard InChI is InChI=1S/C22H14F8N4OS/c1-34-16(15(21(25,26)27)17(33-34)20(23,24)22(28,29)30)18-32-9-14(36-18)12-4-2-3-11(7-12)13(35)8-19(10-31)5-6-19/h2-4,7,9H,5-6,8H2,1H3. The van der Waals surface area contributed by atoms with Crippen molar-refractivity contribution >= 4 is 17.1 Å². The lowest BCUT2D eigenvalue weighted by atomic mass is 9.96. The predicted octanol–water partition coefficient (Wildman–Crippen LogP) is 6.76. The van der Waals surface area contributed by atoms with Gasteiger partial charge in [-0.25, -0.2) is 4.98 Å². The first kappa shape index (κ1) is 25.7. The van der Waals surface area contributed by atoms with Gasteiger partial charge in [-0.05, 0) is 24.5 Å². The van der Waals surface area contributed by atoms with Crippen LogP contribution in [0.15, 0.2) is 30.5 Å². The van der Waals surface area contributed by atoms with Crippen molar-refractivity contribution in [2.45, 2.75) is 37.5 Å². The number of hydrogen-bond donors (Lipinski definition) is 0. The highest BCUT2D eigenvalue weighted by molar-refractivity contribution is 7.18. The number of nitriles is 1. The molecule has 0 N–H and O–H groups in total. The van der Waals surface area contributed by atoms with Crippen molar-refractivity contribution < 1.29 is 39.9 Å². The Morgan fingerprint density at radius 2 is 1.83 bits per heavy atom. The van der Waals surface area contributed by atoms with Crippen LogP contribution in [-0.2, 0) is 19.1 Å². The Hall–Kier alpha value is -3.34. The molecule has 1 aliphatic rings. The first-order valence-electron chi connectivity index (χ1n) is 10.2. The zero-order valence-electron chi connectivity index (χ0n) is 18.1. The maximum atomic E-state index is 13.9. The average Bonchev–Trinajstić information content (AvgIpc) is 3.21. The van der Waals surface area contributed by atoms with Crippen molar-refractivity contribution in [1.29, 1.82) is 5.26 Å². The van der Waals surface area contributed by atoms with Crippen LogP contribution in [0.2, 0.25) is 0 Å². The van der Waals surface area contributed by atoms with Crippen molar-refractivity contribution in [3.8, 4) is 27.2 Å². The van der Waals surface area contributed by atoms with Crippen LogP contribution in [-0.4, -0.2) is 26.7 Å². The van der Waals surface area contributed by atoms with E-state index in [9.17, 15) is 45.2 Å². The smallest absolute Gasteiger partial charge is 0.294 e. The fourth-order valence-corrected chi connectivity index (χ4v) is 4.64. The molecule has 0 bridgehead atoms. The number of rotatable bonds is 6. The van der Waals surface area contributed by atoms with Gasteiger partial charge in [-0.3, -0.25) is 9.48 Å². The number of thiazole rings is 1. The van der Waals surface area contributed by atoms with Crippen LogP contribution >= 0.6 is 11.3 Å². The number of aryl methyl sites for hydroxylation is 1. The summed E-state index contributed by atoms with van der Waals surface area (Å²) in [6.45, 7) is 0. The van der Waals surface area contributed by atoms with Crippen LogP contribution in [0.3, 0.4) is 0 Å². The molecule has 4 rings (SSSR count). The molecule has 14 heteroatoms. The third kappa shape index (κ3) is 4.47. The van der Waals surface area contributed by atoms with E-state index in [1.807, 2.05) is 0 Å². The maximum Gasteiger partial charge on any atom is 0.459 e. The molecule has 0 radical (unpaired) electrons. The van der Waals surface area contributed by atoms with E-state index in [-0.39, 0.29) is 27.3 Å². The molecular formula is C22H14F8N4OS.